The van der Waals surface area contributed by atoms with Crippen LogP contribution in [0.3, 0.4) is 0 Å². The molecule has 0 bridgehead atoms. The SMILES string of the molecule is CCOC(=O)C1=C(C)N(Cc2cccc(C(=O)NCc3ccco3)c2)C(=O)CC1c1ccc(C)cc1. The summed E-state index contributed by atoms with van der Waals surface area (Å²) in [5.41, 5.74) is 4.34. The number of nitrogens with zero attached hydrogens (tertiary/aromatic N) is 1. The van der Waals surface area contributed by atoms with E-state index in [1.807, 2.05) is 37.3 Å². The molecule has 2 aromatic carbocycles. The summed E-state index contributed by atoms with van der Waals surface area (Å²) in [6, 6.07) is 18.6. The van der Waals surface area contributed by atoms with Gasteiger partial charge in [0.2, 0.25) is 5.91 Å². The van der Waals surface area contributed by atoms with E-state index in [1.54, 1.807) is 55.3 Å². The van der Waals surface area contributed by atoms with Gasteiger partial charge < -0.3 is 19.4 Å². The minimum Gasteiger partial charge on any atom is -0.467 e. The predicted octanol–water partition coefficient (Wildman–Crippen LogP) is 4.87. The Hall–Kier alpha value is -4.13. The number of allylic oxidation sites excluding steroid dienone is 1. The first-order valence-corrected chi connectivity index (χ1v) is 12.0. The maximum absolute atomic E-state index is 13.3. The molecular weight excluding hydrogens is 456 g/mol. The molecule has 2 heterocycles. The van der Waals surface area contributed by atoms with Gasteiger partial charge in [-0.25, -0.2) is 4.79 Å². The molecule has 1 aromatic heterocycles. The average Bonchev–Trinajstić information content (AvgIpc) is 3.39. The van der Waals surface area contributed by atoms with Crippen LogP contribution in [0.4, 0.5) is 0 Å². The number of carbonyl (C=O) groups is 3. The quantitative estimate of drug-likeness (QED) is 0.459. The van der Waals surface area contributed by atoms with Gasteiger partial charge in [-0.2, -0.15) is 0 Å². The van der Waals surface area contributed by atoms with Gasteiger partial charge in [-0.15, -0.1) is 0 Å². The van der Waals surface area contributed by atoms with Crippen molar-refractivity contribution in [3.05, 3.63) is 106 Å². The fourth-order valence-corrected chi connectivity index (χ4v) is 4.44. The van der Waals surface area contributed by atoms with E-state index >= 15 is 0 Å². The van der Waals surface area contributed by atoms with Gasteiger partial charge in [0.05, 0.1) is 31.5 Å². The highest BCUT2D eigenvalue weighted by molar-refractivity contribution is 5.96. The molecule has 1 N–H and O–H groups in total. The van der Waals surface area contributed by atoms with Gasteiger partial charge in [-0.1, -0.05) is 42.0 Å². The number of aryl methyl sites for hydroxylation is 1. The molecule has 1 aliphatic rings. The predicted molar refractivity (Wildman–Crippen MR) is 135 cm³/mol. The molecule has 36 heavy (non-hydrogen) atoms. The minimum atomic E-state index is -0.413. The molecule has 1 unspecified atom stereocenters. The zero-order valence-corrected chi connectivity index (χ0v) is 20.7. The highest BCUT2D eigenvalue weighted by Gasteiger charge is 2.36. The minimum absolute atomic E-state index is 0.0844. The third-order valence-corrected chi connectivity index (χ3v) is 6.33. The van der Waals surface area contributed by atoms with E-state index in [1.165, 1.54) is 0 Å². The van der Waals surface area contributed by atoms with Gasteiger partial charge in [0.25, 0.3) is 5.91 Å². The highest BCUT2D eigenvalue weighted by Crippen LogP contribution is 2.37. The molecule has 7 heteroatoms. The molecule has 1 aliphatic heterocycles. The van der Waals surface area contributed by atoms with Crippen LogP contribution < -0.4 is 5.32 Å². The van der Waals surface area contributed by atoms with E-state index in [0.29, 0.717) is 22.6 Å². The number of furan rings is 1. The van der Waals surface area contributed by atoms with Crippen molar-refractivity contribution in [3.63, 3.8) is 0 Å². The lowest BCUT2D eigenvalue weighted by Crippen LogP contribution is -2.38. The summed E-state index contributed by atoms with van der Waals surface area (Å²) >= 11 is 0. The Bertz CT molecular complexity index is 1280. The second kappa shape index (κ2) is 11.1. The van der Waals surface area contributed by atoms with E-state index in [2.05, 4.69) is 5.32 Å². The number of rotatable bonds is 8. The van der Waals surface area contributed by atoms with Crippen molar-refractivity contribution < 1.29 is 23.5 Å². The van der Waals surface area contributed by atoms with Crippen LogP contribution in [0.2, 0.25) is 0 Å². The number of amides is 2. The monoisotopic (exact) mass is 486 g/mol. The molecular formula is C29H30N2O5. The largest absolute Gasteiger partial charge is 0.467 e. The summed E-state index contributed by atoms with van der Waals surface area (Å²) in [5.74, 6) is -0.444. The van der Waals surface area contributed by atoms with Crippen LogP contribution in [-0.4, -0.2) is 29.3 Å². The average molecular weight is 487 g/mol. The maximum atomic E-state index is 13.3. The van der Waals surface area contributed by atoms with E-state index in [9.17, 15) is 14.4 Å². The number of nitrogens with one attached hydrogen (secondary N) is 1. The molecule has 0 aliphatic carbocycles. The maximum Gasteiger partial charge on any atom is 0.336 e. The van der Waals surface area contributed by atoms with Crippen molar-refractivity contribution in [2.45, 2.75) is 46.2 Å². The number of ether oxygens (including phenoxy) is 1. The fourth-order valence-electron chi connectivity index (χ4n) is 4.44. The topological polar surface area (TPSA) is 88.8 Å². The number of carbonyl (C=O) groups excluding carboxylic acids is 3. The third-order valence-electron chi connectivity index (χ3n) is 6.33. The molecule has 3 aromatic rings. The van der Waals surface area contributed by atoms with Gasteiger partial charge in [0, 0.05) is 23.6 Å². The van der Waals surface area contributed by atoms with Gasteiger partial charge >= 0.3 is 5.97 Å². The Balaban J connectivity index is 1.58. The van der Waals surface area contributed by atoms with Crippen molar-refractivity contribution in [1.82, 2.24) is 10.2 Å². The molecule has 1 atom stereocenters. The summed E-state index contributed by atoms with van der Waals surface area (Å²) in [6.07, 6.45) is 1.72. The van der Waals surface area contributed by atoms with Crippen molar-refractivity contribution in [2.24, 2.45) is 0 Å². The Morgan fingerprint density at radius 3 is 2.56 bits per heavy atom. The molecule has 7 nitrogen and oxygen atoms in total. The number of esters is 1. The normalized spacial score (nSPS) is 15.7. The summed E-state index contributed by atoms with van der Waals surface area (Å²) in [7, 11) is 0. The number of benzene rings is 2. The van der Waals surface area contributed by atoms with Crippen LogP contribution in [-0.2, 0) is 27.4 Å². The van der Waals surface area contributed by atoms with E-state index < -0.39 is 5.97 Å². The summed E-state index contributed by atoms with van der Waals surface area (Å²) < 4.78 is 10.6. The van der Waals surface area contributed by atoms with Crippen molar-refractivity contribution in [1.29, 1.82) is 0 Å². The van der Waals surface area contributed by atoms with E-state index in [4.69, 9.17) is 9.15 Å². The van der Waals surface area contributed by atoms with Crippen LogP contribution in [0.25, 0.3) is 0 Å². The first-order chi connectivity index (χ1) is 17.4. The van der Waals surface area contributed by atoms with Crippen molar-refractivity contribution in [2.75, 3.05) is 6.61 Å². The molecule has 4 rings (SSSR count). The Morgan fingerprint density at radius 1 is 1.08 bits per heavy atom. The zero-order valence-electron chi connectivity index (χ0n) is 20.7. The molecule has 186 valence electrons. The van der Waals surface area contributed by atoms with Crippen LogP contribution >= 0.6 is 0 Å². The molecule has 0 saturated heterocycles. The molecule has 2 amide bonds. The van der Waals surface area contributed by atoms with E-state index in [0.717, 1.165) is 16.7 Å². The first kappa shape index (κ1) is 25.0. The lowest BCUT2D eigenvalue weighted by molar-refractivity contribution is -0.140. The van der Waals surface area contributed by atoms with E-state index in [-0.39, 0.29) is 43.8 Å². The summed E-state index contributed by atoms with van der Waals surface area (Å²) in [5, 5.41) is 2.83. The lowest BCUT2D eigenvalue weighted by atomic mass is 9.83. The summed E-state index contributed by atoms with van der Waals surface area (Å²) in [4.78, 5) is 40.5. The van der Waals surface area contributed by atoms with Crippen LogP contribution in [0, 0.1) is 6.92 Å². The molecule has 0 spiro atoms. The zero-order chi connectivity index (χ0) is 25.7. The van der Waals surface area contributed by atoms with Crippen LogP contribution in [0.1, 0.15) is 59.0 Å². The molecule has 0 fully saturated rings. The number of hydrogen-bond acceptors (Lipinski definition) is 5. The van der Waals surface area contributed by atoms with Gasteiger partial charge in [0.15, 0.2) is 0 Å². The van der Waals surface area contributed by atoms with Gasteiger partial charge in [-0.3, -0.25) is 9.59 Å². The standard InChI is InChI=1S/C29H30N2O5/c1-4-35-29(34)27-20(3)31(26(32)16-25(27)22-12-10-19(2)11-13-22)18-21-7-5-8-23(15-21)28(33)30-17-24-9-6-14-36-24/h5-15,25H,4,16-18H2,1-3H3,(H,30,33). The molecule has 0 saturated carbocycles. The van der Waals surface area contributed by atoms with Crippen LogP contribution in [0.5, 0.6) is 0 Å². The Kier molecular flexibility index (Phi) is 7.68. The van der Waals surface area contributed by atoms with Crippen LogP contribution in [0.15, 0.2) is 82.6 Å². The Labute approximate surface area is 210 Å². The molecule has 0 radical (unpaired) electrons. The highest BCUT2D eigenvalue weighted by atomic mass is 16.5. The third kappa shape index (κ3) is 5.57. The number of hydrogen-bond donors (Lipinski definition) is 1. The lowest BCUT2D eigenvalue weighted by Gasteiger charge is -2.34. The van der Waals surface area contributed by atoms with Gasteiger partial charge in [0.1, 0.15) is 5.76 Å². The van der Waals surface area contributed by atoms with Gasteiger partial charge in [-0.05, 0) is 56.2 Å². The summed E-state index contributed by atoms with van der Waals surface area (Å²) in [6.45, 7) is 6.32. The second-order valence-electron chi connectivity index (χ2n) is 8.83. The van der Waals surface area contributed by atoms with Crippen molar-refractivity contribution >= 4 is 17.8 Å². The van der Waals surface area contributed by atoms with Crippen molar-refractivity contribution in [3.8, 4) is 0 Å². The second-order valence-corrected chi connectivity index (χ2v) is 8.83. The fraction of sp³-hybridized carbons (Fsp3) is 0.276. The first-order valence-electron chi connectivity index (χ1n) is 12.0. The smallest absolute Gasteiger partial charge is 0.336 e. The Morgan fingerprint density at radius 2 is 1.86 bits per heavy atom.